The Labute approximate surface area is 182 Å². The molecule has 0 bridgehead atoms. The molecule has 11 heteroatoms. The van der Waals surface area contributed by atoms with E-state index in [9.17, 15) is 24.8 Å². The Hall–Kier alpha value is -2.76. The van der Waals surface area contributed by atoms with Crippen molar-refractivity contribution in [2.45, 2.75) is 0 Å². The van der Waals surface area contributed by atoms with Crippen molar-refractivity contribution in [1.29, 1.82) is 0 Å². The third-order valence-corrected chi connectivity index (χ3v) is 5.66. The fourth-order valence-electron chi connectivity index (χ4n) is 2.46. The number of halogens is 1. The van der Waals surface area contributed by atoms with Crippen LogP contribution in [0.1, 0.15) is 5.56 Å². The molecular weight excluding hydrogens is 482 g/mol. The second kappa shape index (κ2) is 8.72. The Morgan fingerprint density at radius 3 is 2.79 bits per heavy atom. The van der Waals surface area contributed by atoms with E-state index in [4.69, 9.17) is 12.2 Å². The minimum Gasteiger partial charge on any atom is -0.506 e. The molecule has 0 atom stereocenters. The molecule has 1 fully saturated rings. The van der Waals surface area contributed by atoms with Crippen LogP contribution in [0.5, 0.6) is 5.75 Å². The monoisotopic (exact) mass is 493 g/mol. The molecule has 0 saturated carbocycles. The summed E-state index contributed by atoms with van der Waals surface area (Å²) in [5.41, 5.74) is 0.380. The van der Waals surface area contributed by atoms with E-state index in [1.165, 1.54) is 0 Å². The highest BCUT2D eigenvalue weighted by Gasteiger charge is 2.33. The maximum Gasteiger partial charge on any atom is 0.271 e. The van der Waals surface area contributed by atoms with Crippen molar-refractivity contribution in [1.82, 2.24) is 4.90 Å². The molecule has 2 N–H and O–H groups in total. The van der Waals surface area contributed by atoms with E-state index >= 15 is 0 Å². The molecule has 0 unspecified atom stereocenters. The molecule has 2 amide bonds. The van der Waals surface area contributed by atoms with Gasteiger partial charge in [-0.2, -0.15) is 0 Å². The van der Waals surface area contributed by atoms with E-state index in [2.05, 4.69) is 21.2 Å². The predicted octanol–water partition coefficient (Wildman–Crippen LogP) is 3.90. The van der Waals surface area contributed by atoms with Crippen molar-refractivity contribution in [2.24, 2.45) is 0 Å². The molecule has 29 heavy (non-hydrogen) atoms. The number of anilines is 1. The van der Waals surface area contributed by atoms with Crippen molar-refractivity contribution < 1.29 is 19.6 Å². The van der Waals surface area contributed by atoms with Crippen molar-refractivity contribution in [2.75, 3.05) is 11.9 Å². The molecule has 0 spiro atoms. The highest BCUT2D eigenvalue weighted by molar-refractivity contribution is 9.10. The number of thiocarbonyl (C=S) groups is 1. The predicted molar refractivity (Wildman–Crippen MR) is 117 cm³/mol. The van der Waals surface area contributed by atoms with Crippen LogP contribution in [0.2, 0.25) is 0 Å². The second-order valence-electron chi connectivity index (χ2n) is 5.83. The number of nitro groups is 1. The van der Waals surface area contributed by atoms with Gasteiger partial charge in [0.1, 0.15) is 16.6 Å². The van der Waals surface area contributed by atoms with Crippen LogP contribution < -0.4 is 5.32 Å². The average Bonchev–Trinajstić information content (AvgIpc) is 2.91. The van der Waals surface area contributed by atoms with E-state index in [0.717, 1.165) is 44.9 Å². The number of phenolic OH excluding ortho intramolecular Hbond substituents is 1. The van der Waals surface area contributed by atoms with Crippen LogP contribution in [0, 0.1) is 10.1 Å². The van der Waals surface area contributed by atoms with Gasteiger partial charge in [0, 0.05) is 16.6 Å². The van der Waals surface area contributed by atoms with Gasteiger partial charge in [-0.05, 0) is 29.8 Å². The number of phenols is 1. The van der Waals surface area contributed by atoms with Gasteiger partial charge in [0.05, 0.1) is 15.5 Å². The highest BCUT2D eigenvalue weighted by atomic mass is 79.9. The van der Waals surface area contributed by atoms with Crippen LogP contribution in [0.3, 0.4) is 0 Å². The number of carbonyl (C=O) groups excluding carboxylic acids is 2. The van der Waals surface area contributed by atoms with Gasteiger partial charge in [0.2, 0.25) is 5.91 Å². The molecule has 1 heterocycles. The number of nitrogens with one attached hydrogen (secondary N) is 1. The number of hydrogen-bond donors (Lipinski definition) is 2. The smallest absolute Gasteiger partial charge is 0.271 e. The first kappa shape index (κ1) is 21.0. The fraction of sp³-hybridized carbons (Fsp3) is 0.0556. The Balaban J connectivity index is 1.72. The molecule has 2 aromatic carbocycles. The summed E-state index contributed by atoms with van der Waals surface area (Å²) in [5, 5.41) is 23.0. The Kier molecular flexibility index (Phi) is 6.30. The lowest BCUT2D eigenvalue weighted by Gasteiger charge is -2.14. The van der Waals surface area contributed by atoms with Crippen LogP contribution in [-0.4, -0.2) is 37.6 Å². The largest absolute Gasteiger partial charge is 0.506 e. The molecular formula is C18H12BrN3O5S2. The summed E-state index contributed by atoms with van der Waals surface area (Å²) >= 11 is 9.64. The van der Waals surface area contributed by atoms with E-state index in [1.54, 1.807) is 6.08 Å². The fourth-order valence-corrected chi connectivity index (χ4v) is 4.13. The van der Waals surface area contributed by atoms with Crippen molar-refractivity contribution >= 4 is 73.5 Å². The number of non-ortho nitro benzene ring substituents is 1. The average molecular weight is 494 g/mol. The van der Waals surface area contributed by atoms with E-state index in [1.807, 2.05) is 24.3 Å². The molecule has 148 valence electrons. The minimum absolute atomic E-state index is 0.126. The third-order valence-electron chi connectivity index (χ3n) is 3.79. The number of rotatable bonds is 5. The number of nitrogens with zero attached hydrogens (tertiary/aromatic N) is 2. The Morgan fingerprint density at radius 2 is 2.10 bits per heavy atom. The zero-order valence-electron chi connectivity index (χ0n) is 14.5. The third kappa shape index (κ3) is 5.00. The summed E-state index contributed by atoms with van der Waals surface area (Å²) < 4.78 is 1.08. The quantitative estimate of drug-likeness (QED) is 0.213. The molecule has 0 aromatic heterocycles. The molecule has 1 saturated heterocycles. The first-order valence-electron chi connectivity index (χ1n) is 8.03. The molecule has 1 aliphatic rings. The normalized spacial score (nSPS) is 15.1. The van der Waals surface area contributed by atoms with Crippen molar-refractivity contribution in [3.63, 3.8) is 0 Å². The van der Waals surface area contributed by atoms with Crippen molar-refractivity contribution in [3.8, 4) is 5.75 Å². The van der Waals surface area contributed by atoms with Crippen molar-refractivity contribution in [3.05, 3.63) is 67.5 Å². The van der Waals surface area contributed by atoms with Gasteiger partial charge in [-0.15, -0.1) is 0 Å². The molecule has 0 radical (unpaired) electrons. The topological polar surface area (TPSA) is 113 Å². The number of benzene rings is 2. The van der Waals surface area contributed by atoms with E-state index in [-0.39, 0.29) is 28.0 Å². The van der Waals surface area contributed by atoms with Crippen LogP contribution in [-0.2, 0) is 9.59 Å². The molecule has 2 aromatic rings. The first-order chi connectivity index (χ1) is 13.7. The SMILES string of the molecule is O=C(CN1C(=O)/C(=C\c2cccc(Br)c2)SC1=S)Nc1cc([N+](=O)[O-])ccc1O. The first-order valence-corrected chi connectivity index (χ1v) is 10.0. The van der Waals surface area contributed by atoms with Crippen LogP contribution >= 0.6 is 39.9 Å². The van der Waals surface area contributed by atoms with Crippen LogP contribution in [0.25, 0.3) is 6.08 Å². The number of aromatic hydroxyl groups is 1. The Bertz CT molecular complexity index is 1070. The van der Waals surface area contributed by atoms with Gasteiger partial charge in [-0.25, -0.2) is 0 Å². The summed E-state index contributed by atoms with van der Waals surface area (Å²) in [4.78, 5) is 36.7. The van der Waals surface area contributed by atoms with Crippen LogP contribution in [0.4, 0.5) is 11.4 Å². The van der Waals surface area contributed by atoms with E-state index < -0.39 is 16.7 Å². The minimum atomic E-state index is -0.652. The lowest BCUT2D eigenvalue weighted by molar-refractivity contribution is -0.384. The Morgan fingerprint density at radius 1 is 1.34 bits per heavy atom. The number of hydrogen-bond acceptors (Lipinski definition) is 7. The molecule has 3 rings (SSSR count). The van der Waals surface area contributed by atoms with Gasteiger partial charge in [0.15, 0.2) is 0 Å². The zero-order valence-corrected chi connectivity index (χ0v) is 17.7. The molecule has 1 aliphatic heterocycles. The molecule has 0 aliphatic carbocycles. The van der Waals surface area contributed by atoms with E-state index in [0.29, 0.717) is 4.91 Å². The maximum atomic E-state index is 12.6. The number of nitro benzene ring substituents is 1. The summed E-state index contributed by atoms with van der Waals surface area (Å²) in [6.45, 7) is -0.386. The standard InChI is InChI=1S/C18H12BrN3O5S2/c19-11-3-1-2-10(6-11)7-15-17(25)21(18(28)29-15)9-16(24)20-13-8-12(22(26)27)4-5-14(13)23/h1-8,23H,9H2,(H,20,24)/b15-7+. The number of carbonyl (C=O) groups is 2. The second-order valence-corrected chi connectivity index (χ2v) is 8.42. The lowest BCUT2D eigenvalue weighted by Crippen LogP contribution is -2.36. The highest BCUT2D eigenvalue weighted by Crippen LogP contribution is 2.33. The lowest BCUT2D eigenvalue weighted by atomic mass is 10.2. The van der Waals surface area contributed by atoms with Gasteiger partial charge >= 0.3 is 0 Å². The summed E-state index contributed by atoms with van der Waals surface area (Å²) in [5.74, 6) is -1.40. The van der Waals surface area contributed by atoms with Gasteiger partial charge in [-0.3, -0.25) is 24.6 Å². The van der Waals surface area contributed by atoms with Gasteiger partial charge in [-0.1, -0.05) is 52.0 Å². The maximum absolute atomic E-state index is 12.6. The van der Waals surface area contributed by atoms with Gasteiger partial charge in [0.25, 0.3) is 11.6 Å². The summed E-state index contributed by atoms with van der Waals surface area (Å²) in [6.07, 6.45) is 1.67. The molecule has 8 nitrogen and oxygen atoms in total. The number of thioether (sulfide) groups is 1. The number of amides is 2. The zero-order chi connectivity index (χ0) is 21.1. The van der Waals surface area contributed by atoms with Crippen LogP contribution in [0.15, 0.2) is 51.8 Å². The summed E-state index contributed by atoms with van der Waals surface area (Å²) in [6, 6.07) is 10.6. The van der Waals surface area contributed by atoms with Gasteiger partial charge < -0.3 is 10.4 Å². The summed E-state index contributed by atoms with van der Waals surface area (Å²) in [7, 11) is 0.